The Morgan fingerprint density at radius 1 is 0.657 bits per heavy atom. The van der Waals surface area contributed by atoms with Gasteiger partial charge in [0.15, 0.2) is 0 Å². The van der Waals surface area contributed by atoms with Crippen molar-refractivity contribution in [2.45, 2.75) is 71.6 Å². The van der Waals surface area contributed by atoms with Crippen LogP contribution in [0.5, 0.6) is 0 Å². The highest BCUT2D eigenvalue weighted by atomic mass is 14.9. The smallest absolute Gasteiger partial charge is 0.138 e. The van der Waals surface area contributed by atoms with Crippen molar-refractivity contribution in [3.05, 3.63) is 72.1 Å². The fourth-order valence-electron chi connectivity index (χ4n) is 4.67. The lowest BCUT2D eigenvalue weighted by molar-refractivity contribution is 0.416. The molecule has 0 saturated heterocycles. The molecule has 3 aromatic carbocycles. The van der Waals surface area contributed by atoms with Gasteiger partial charge < -0.3 is 9.97 Å². The maximum atomic E-state index is 4.98. The minimum absolute atomic E-state index is 0.0774. The quantitative estimate of drug-likeness (QED) is 0.253. The van der Waals surface area contributed by atoms with Gasteiger partial charge in [-0.05, 0) is 71.7 Å². The predicted molar refractivity (Wildman–Crippen MR) is 148 cm³/mol. The van der Waals surface area contributed by atoms with Gasteiger partial charge in [0.05, 0.1) is 22.1 Å². The van der Waals surface area contributed by atoms with Crippen LogP contribution in [0.3, 0.4) is 0 Å². The van der Waals surface area contributed by atoms with Gasteiger partial charge in [0.2, 0.25) is 0 Å². The molecule has 2 heterocycles. The molecular weight excluding hydrogens is 428 g/mol. The molecular formula is C31H36N4. The van der Waals surface area contributed by atoms with Crippen molar-refractivity contribution in [2.75, 3.05) is 0 Å². The SMILES string of the molecule is CCC(C)(C)c1cccc(-c2nc3ccc(-c4ccc5[nH]c(C(C)(CC)CC)nc5c4)cc3[nH]2)c1. The summed E-state index contributed by atoms with van der Waals surface area (Å²) in [6, 6.07) is 21.7. The van der Waals surface area contributed by atoms with Gasteiger partial charge in [-0.15, -0.1) is 0 Å². The van der Waals surface area contributed by atoms with Crippen molar-refractivity contribution in [3.8, 4) is 22.5 Å². The summed E-state index contributed by atoms with van der Waals surface area (Å²) in [7, 11) is 0. The zero-order valence-electron chi connectivity index (χ0n) is 21.8. The van der Waals surface area contributed by atoms with Gasteiger partial charge in [0.25, 0.3) is 0 Å². The molecule has 0 aliphatic carbocycles. The first-order valence-electron chi connectivity index (χ1n) is 12.9. The number of hydrogen-bond donors (Lipinski definition) is 2. The number of hydrogen-bond acceptors (Lipinski definition) is 2. The third-order valence-electron chi connectivity index (χ3n) is 8.23. The summed E-state index contributed by atoms with van der Waals surface area (Å²) in [6.07, 6.45) is 3.22. The lowest BCUT2D eigenvalue weighted by Crippen LogP contribution is -2.21. The Kier molecular flexibility index (Phi) is 5.79. The van der Waals surface area contributed by atoms with Crippen LogP contribution in [0, 0.1) is 0 Å². The Hall–Kier alpha value is -3.40. The van der Waals surface area contributed by atoms with Gasteiger partial charge in [-0.1, -0.05) is 71.9 Å². The first-order chi connectivity index (χ1) is 16.8. The number of rotatable bonds is 7. The van der Waals surface area contributed by atoms with E-state index in [1.165, 1.54) is 5.56 Å². The number of nitrogens with zero attached hydrogens (tertiary/aromatic N) is 2. The zero-order valence-corrected chi connectivity index (χ0v) is 21.8. The molecule has 0 saturated carbocycles. The predicted octanol–water partition coefficient (Wildman–Crippen LogP) is 8.54. The molecule has 2 N–H and O–H groups in total. The largest absolute Gasteiger partial charge is 0.342 e. The second-order valence-electron chi connectivity index (χ2n) is 10.7. The fourth-order valence-corrected chi connectivity index (χ4v) is 4.67. The van der Waals surface area contributed by atoms with Crippen molar-refractivity contribution < 1.29 is 0 Å². The Labute approximate surface area is 208 Å². The van der Waals surface area contributed by atoms with Crippen LogP contribution in [0.2, 0.25) is 0 Å². The van der Waals surface area contributed by atoms with Crippen LogP contribution < -0.4 is 0 Å². The molecule has 0 aliphatic rings. The third-order valence-corrected chi connectivity index (χ3v) is 8.23. The number of H-pyrrole nitrogens is 2. The maximum Gasteiger partial charge on any atom is 0.138 e. The molecule has 0 amide bonds. The van der Waals surface area contributed by atoms with Gasteiger partial charge in [0, 0.05) is 11.0 Å². The molecule has 4 nitrogen and oxygen atoms in total. The second-order valence-corrected chi connectivity index (χ2v) is 10.7. The van der Waals surface area contributed by atoms with Gasteiger partial charge in [-0.2, -0.15) is 0 Å². The summed E-state index contributed by atoms with van der Waals surface area (Å²) in [4.78, 5) is 17.0. The van der Waals surface area contributed by atoms with E-state index in [0.29, 0.717) is 0 Å². The lowest BCUT2D eigenvalue weighted by atomic mass is 9.81. The highest BCUT2D eigenvalue weighted by Gasteiger charge is 2.26. The second kappa shape index (κ2) is 8.67. The summed E-state index contributed by atoms with van der Waals surface area (Å²) in [5.41, 5.74) is 9.15. The first kappa shape index (κ1) is 23.3. The lowest BCUT2D eigenvalue weighted by Gasteiger charge is -2.23. The number of benzene rings is 3. The van der Waals surface area contributed by atoms with Gasteiger partial charge >= 0.3 is 0 Å². The van der Waals surface area contributed by atoms with E-state index in [4.69, 9.17) is 9.97 Å². The van der Waals surface area contributed by atoms with Gasteiger partial charge in [-0.3, -0.25) is 0 Å². The summed E-state index contributed by atoms with van der Waals surface area (Å²) < 4.78 is 0. The molecule has 0 unspecified atom stereocenters. The molecule has 4 heteroatoms. The van der Waals surface area contributed by atoms with Gasteiger partial charge in [-0.25, -0.2) is 9.97 Å². The molecule has 0 spiro atoms. The van der Waals surface area contributed by atoms with E-state index in [1.807, 2.05) is 0 Å². The molecule has 35 heavy (non-hydrogen) atoms. The van der Waals surface area contributed by atoms with E-state index in [9.17, 15) is 0 Å². The standard InChI is InChI=1S/C31H36N4/c1-7-30(4,5)23-12-10-11-22(17-23)28-32-24-15-13-20(18-26(24)33-28)21-14-16-25-27(19-21)35-29(34-25)31(6,8-2)9-3/h10-19H,7-9H2,1-6H3,(H,32,33)(H,34,35). The van der Waals surface area contributed by atoms with Crippen molar-refractivity contribution >= 4 is 22.1 Å². The van der Waals surface area contributed by atoms with Crippen LogP contribution in [0.15, 0.2) is 60.7 Å². The van der Waals surface area contributed by atoms with E-state index in [2.05, 4.69) is 112 Å². The van der Waals surface area contributed by atoms with E-state index in [1.54, 1.807) is 0 Å². The Bertz CT molecular complexity index is 1500. The van der Waals surface area contributed by atoms with Crippen LogP contribution in [0.1, 0.15) is 72.2 Å². The number of aromatic nitrogens is 4. The normalized spacial score (nSPS) is 12.6. The molecule has 2 aromatic heterocycles. The number of aromatic amines is 2. The summed E-state index contributed by atoms with van der Waals surface area (Å²) in [6.45, 7) is 13.6. The van der Waals surface area contributed by atoms with Crippen LogP contribution in [0.4, 0.5) is 0 Å². The Balaban J connectivity index is 1.50. The monoisotopic (exact) mass is 464 g/mol. The fraction of sp³-hybridized carbons (Fsp3) is 0.355. The molecule has 0 aliphatic heterocycles. The first-order valence-corrected chi connectivity index (χ1v) is 12.9. The number of imidazole rings is 2. The molecule has 5 aromatic rings. The highest BCUT2D eigenvalue weighted by Crippen LogP contribution is 2.33. The topological polar surface area (TPSA) is 57.4 Å². The maximum absolute atomic E-state index is 4.98. The minimum Gasteiger partial charge on any atom is -0.342 e. The highest BCUT2D eigenvalue weighted by molar-refractivity contribution is 5.87. The molecule has 180 valence electrons. The molecule has 0 atom stereocenters. The summed E-state index contributed by atoms with van der Waals surface area (Å²) in [5.74, 6) is 1.99. The van der Waals surface area contributed by atoms with Crippen molar-refractivity contribution in [1.29, 1.82) is 0 Å². The number of fused-ring (bicyclic) bond motifs is 2. The molecule has 0 fully saturated rings. The Morgan fingerprint density at radius 3 is 2.14 bits per heavy atom. The molecule has 5 rings (SSSR count). The van der Waals surface area contributed by atoms with Crippen LogP contribution >= 0.6 is 0 Å². The van der Waals surface area contributed by atoms with Crippen molar-refractivity contribution in [3.63, 3.8) is 0 Å². The third kappa shape index (κ3) is 4.16. The van der Waals surface area contributed by atoms with E-state index in [0.717, 1.165) is 69.7 Å². The van der Waals surface area contributed by atoms with Gasteiger partial charge in [0.1, 0.15) is 11.6 Å². The van der Waals surface area contributed by atoms with Crippen LogP contribution in [0.25, 0.3) is 44.6 Å². The molecule has 0 radical (unpaired) electrons. The summed E-state index contributed by atoms with van der Waals surface area (Å²) in [5, 5.41) is 0. The minimum atomic E-state index is 0.0774. The average Bonchev–Trinajstić information content (AvgIpc) is 3.52. The van der Waals surface area contributed by atoms with Crippen molar-refractivity contribution in [1.82, 2.24) is 19.9 Å². The summed E-state index contributed by atoms with van der Waals surface area (Å²) >= 11 is 0. The molecule has 0 bridgehead atoms. The van der Waals surface area contributed by atoms with Crippen molar-refractivity contribution in [2.24, 2.45) is 0 Å². The van der Waals surface area contributed by atoms with Crippen LogP contribution in [-0.4, -0.2) is 19.9 Å². The van der Waals surface area contributed by atoms with E-state index in [-0.39, 0.29) is 10.8 Å². The van der Waals surface area contributed by atoms with Crippen LogP contribution in [-0.2, 0) is 10.8 Å². The van der Waals surface area contributed by atoms with E-state index >= 15 is 0 Å². The zero-order chi connectivity index (χ0) is 24.8. The Morgan fingerprint density at radius 2 is 1.40 bits per heavy atom. The number of nitrogens with one attached hydrogen (secondary N) is 2. The van der Waals surface area contributed by atoms with E-state index < -0.39 is 0 Å². The average molecular weight is 465 g/mol.